The molecule has 8 unspecified atom stereocenters. The summed E-state index contributed by atoms with van der Waals surface area (Å²) in [4.78, 5) is 4.98. The van der Waals surface area contributed by atoms with Crippen LogP contribution in [0.25, 0.3) is 0 Å². The smallest absolute Gasteiger partial charge is 0.129 e. The van der Waals surface area contributed by atoms with Gasteiger partial charge in [-0.1, -0.05) is 85.1 Å². The van der Waals surface area contributed by atoms with E-state index in [0.29, 0.717) is 0 Å². The molecule has 405 valence electrons. The predicted molar refractivity (Wildman–Crippen MR) is 295 cm³/mol. The van der Waals surface area contributed by atoms with E-state index in [2.05, 4.69) is 107 Å². The third kappa shape index (κ3) is 22.3. The molecule has 0 aromatic heterocycles. The second-order valence-electron chi connectivity index (χ2n) is 25.9. The Morgan fingerprint density at radius 1 is 0.333 bits per heavy atom. The van der Waals surface area contributed by atoms with Gasteiger partial charge in [-0.2, -0.15) is 0 Å². The van der Waals surface area contributed by atoms with Gasteiger partial charge >= 0.3 is 0 Å². The third-order valence-corrected chi connectivity index (χ3v) is 19.8. The monoisotopic (exact) mass is 1210 g/mol. The molecule has 11 heteroatoms. The molecule has 0 N–H and O–H groups in total. The molecule has 8 nitrogen and oxygen atoms in total. The fourth-order valence-electron chi connectivity index (χ4n) is 15.0. The van der Waals surface area contributed by atoms with Crippen LogP contribution in [0.2, 0.25) is 0 Å². The quantitative estimate of drug-likeness (QED) is 0.245. The molecule has 0 amide bonds. The maximum absolute atomic E-state index is 2.49. The van der Waals surface area contributed by atoms with Gasteiger partial charge in [-0.3, -0.25) is 9.80 Å². The van der Waals surface area contributed by atoms with Crippen molar-refractivity contribution in [3.8, 4) is 0 Å². The van der Waals surface area contributed by atoms with Gasteiger partial charge in [0.05, 0.1) is 107 Å². The summed E-state index contributed by atoms with van der Waals surface area (Å²) in [5, 5.41) is 0. The van der Waals surface area contributed by atoms with Crippen LogP contribution in [0.4, 0.5) is 0 Å². The average molecular weight is 1210 g/mol. The van der Waals surface area contributed by atoms with E-state index in [1.165, 1.54) is 235 Å². The van der Waals surface area contributed by atoms with Crippen molar-refractivity contribution >= 4 is 0 Å². The van der Waals surface area contributed by atoms with E-state index in [1.807, 2.05) is 0 Å². The molecular weight excluding hydrogens is 1080 g/mol. The van der Waals surface area contributed by atoms with Crippen LogP contribution in [-0.2, 0) is 98.1 Å². The first-order valence-corrected chi connectivity index (χ1v) is 27.7. The first kappa shape index (κ1) is 76.2. The molecule has 0 aliphatic carbocycles. The Morgan fingerprint density at radius 3 is 0.812 bits per heavy atom. The molecular formula is C58H130N8Y3+6. The van der Waals surface area contributed by atoms with Gasteiger partial charge in [-0.15, -0.1) is 0 Å². The molecule has 3 radical (unpaired) electrons. The van der Waals surface area contributed by atoms with Crippen LogP contribution in [0, 0.1) is 47.3 Å². The van der Waals surface area contributed by atoms with Gasteiger partial charge in [0.25, 0.3) is 0 Å². The molecule has 8 fully saturated rings. The minimum atomic E-state index is 0. The maximum Gasteiger partial charge on any atom is 0.129 e. The molecule has 8 atom stereocenters. The molecule has 0 aromatic carbocycles. The van der Waals surface area contributed by atoms with E-state index in [9.17, 15) is 0 Å². The van der Waals surface area contributed by atoms with Crippen LogP contribution < -0.4 is 0 Å². The van der Waals surface area contributed by atoms with Crippen molar-refractivity contribution in [3.05, 3.63) is 0 Å². The molecule has 4 spiro atoms. The van der Waals surface area contributed by atoms with Crippen LogP contribution in [0.1, 0.15) is 136 Å². The van der Waals surface area contributed by atoms with Crippen molar-refractivity contribution in [2.75, 3.05) is 199 Å². The zero-order valence-electron chi connectivity index (χ0n) is 46.6. The van der Waals surface area contributed by atoms with Crippen molar-refractivity contribution in [2.45, 2.75) is 136 Å². The van der Waals surface area contributed by atoms with Crippen LogP contribution in [0.15, 0.2) is 0 Å². The van der Waals surface area contributed by atoms with E-state index < -0.39 is 0 Å². The Kier molecular flexibility index (Phi) is 37.7. The van der Waals surface area contributed by atoms with Gasteiger partial charge in [-0.05, 0) is 65.5 Å². The summed E-state index contributed by atoms with van der Waals surface area (Å²) in [6, 6.07) is 0. The van der Waals surface area contributed by atoms with Crippen LogP contribution in [0.5, 0.6) is 0 Å². The molecule has 8 aliphatic rings. The summed E-state index contributed by atoms with van der Waals surface area (Å²) >= 11 is 0. The fourth-order valence-corrected chi connectivity index (χ4v) is 15.0. The minimum Gasteiger partial charge on any atom is -0.321 e. The Balaban J connectivity index is -0.000000815. The number of hydrogen-bond donors (Lipinski definition) is 0. The summed E-state index contributed by atoms with van der Waals surface area (Å²) in [7, 11) is 14.1. The molecule has 0 saturated carbocycles. The summed E-state index contributed by atoms with van der Waals surface area (Å²) in [6.07, 6.45) is 11.3. The van der Waals surface area contributed by atoms with Crippen molar-refractivity contribution in [1.29, 1.82) is 0 Å². The summed E-state index contributed by atoms with van der Waals surface area (Å²) < 4.78 is 8.27. The fraction of sp³-hybridized carbons (Fsp3) is 1.00. The molecule has 0 bridgehead atoms. The van der Waals surface area contributed by atoms with Gasteiger partial charge < -0.3 is 26.9 Å². The standard InChI is InChI=1S/2C14H30N2.2C13H27N2.4CH4.3Y/c1-5-14-10-13(2)11-16(12-14)8-6-15(3,4)7-9-16;1-5-13-11-16(12-14(13)6-2)9-7-15(3,4)8-10-16;1-4-13-9-12(2)10-15(11-13)7-5-14(3)6-8-15;1-4-12-10-15(11-13(12)5-2)8-6-14(3)7-9-15;;;;;;;/h2*13-14H,5-12H2,1-4H3;2*12-13H,4-11H2,1-3H3;4*1H4;;;/q2*+2;2*+1;;;;;;;. The van der Waals surface area contributed by atoms with E-state index in [4.69, 9.17) is 0 Å². The van der Waals surface area contributed by atoms with E-state index in [1.54, 1.807) is 0 Å². The van der Waals surface area contributed by atoms with Crippen molar-refractivity contribution < 1.29 is 125 Å². The molecule has 8 heterocycles. The minimum absolute atomic E-state index is 0. The number of nitrogens with zero attached hydrogens (tertiary/aromatic N) is 8. The van der Waals surface area contributed by atoms with Crippen LogP contribution in [0.3, 0.4) is 0 Å². The average Bonchev–Trinajstić information content (AvgIpc) is 3.80. The predicted octanol–water partition coefficient (Wildman–Crippen LogP) is 10.1. The Morgan fingerprint density at radius 2 is 0.565 bits per heavy atom. The molecule has 0 aromatic rings. The maximum atomic E-state index is 2.49. The van der Waals surface area contributed by atoms with Crippen molar-refractivity contribution in [3.63, 3.8) is 0 Å². The SMILES string of the molecule is C.C.C.C.CCC1CC(C)C[N+]2(CCN(C)CC2)C1.CCC1CC(C)C[N+]2(CC[N+](C)(C)CC2)C1.CCC1C[N+]2(CCN(C)CC2)CC1CC.CCC1C[N+]2(CC[N+](C)(C)CC2)CC1CC.[Y].[Y].[Y]. The second kappa shape index (κ2) is 34.1. The van der Waals surface area contributed by atoms with E-state index in [0.717, 1.165) is 47.3 Å². The van der Waals surface area contributed by atoms with Gasteiger partial charge in [0, 0.05) is 172 Å². The van der Waals surface area contributed by atoms with Gasteiger partial charge in [0.2, 0.25) is 0 Å². The first-order chi connectivity index (χ1) is 29.3. The number of quaternary nitrogens is 6. The first-order valence-electron chi connectivity index (χ1n) is 27.7. The van der Waals surface area contributed by atoms with Crippen LogP contribution in [-0.4, -0.2) is 236 Å². The van der Waals surface area contributed by atoms with Crippen molar-refractivity contribution in [1.82, 2.24) is 9.80 Å². The van der Waals surface area contributed by atoms with Crippen molar-refractivity contribution in [2.24, 2.45) is 47.3 Å². The zero-order valence-corrected chi connectivity index (χ0v) is 55.1. The van der Waals surface area contributed by atoms with E-state index >= 15 is 0 Å². The largest absolute Gasteiger partial charge is 0.321 e. The number of likely N-dealkylation sites (N-methyl/N-ethyl adjacent to an activating group) is 4. The zero-order chi connectivity index (χ0) is 45.4. The van der Waals surface area contributed by atoms with Crippen LogP contribution >= 0.6 is 0 Å². The topological polar surface area (TPSA) is 6.48 Å². The second-order valence-corrected chi connectivity index (χ2v) is 25.9. The number of piperidine rings is 2. The summed E-state index contributed by atoms with van der Waals surface area (Å²) in [6.45, 7) is 53.1. The molecule has 69 heavy (non-hydrogen) atoms. The normalized spacial score (nSPS) is 33.1. The van der Waals surface area contributed by atoms with Gasteiger partial charge in [0.15, 0.2) is 0 Å². The van der Waals surface area contributed by atoms with Gasteiger partial charge in [-0.25, -0.2) is 0 Å². The molecule has 8 saturated heterocycles. The molecule has 8 aliphatic heterocycles. The Hall–Kier alpha value is 2.99. The van der Waals surface area contributed by atoms with Gasteiger partial charge in [0.1, 0.15) is 52.4 Å². The number of piperazine rings is 4. The summed E-state index contributed by atoms with van der Waals surface area (Å²) in [5.74, 6) is 7.95. The molecule has 8 rings (SSSR count). The van der Waals surface area contributed by atoms with E-state index in [-0.39, 0.29) is 128 Å². The Labute approximate surface area is 512 Å². The number of hydrogen-bond acceptors (Lipinski definition) is 2. The summed E-state index contributed by atoms with van der Waals surface area (Å²) in [5.41, 5.74) is 0. The number of rotatable bonds is 6. The third-order valence-electron chi connectivity index (χ3n) is 19.8. The Bertz CT molecular complexity index is 1270.